The van der Waals surface area contributed by atoms with Crippen molar-refractivity contribution in [1.29, 1.82) is 0 Å². The van der Waals surface area contributed by atoms with Crippen molar-refractivity contribution >= 4 is 5.78 Å². The molecule has 1 aliphatic heterocycles. The minimum atomic E-state index is -0.902. The van der Waals surface area contributed by atoms with E-state index < -0.39 is 6.10 Å². The third kappa shape index (κ3) is 3.69. The molecule has 0 bridgehead atoms. The number of benzene rings is 2. The molecule has 0 amide bonds. The minimum Gasteiger partial charge on any atom is -0.504 e. The monoisotopic (exact) mass is 344 g/mol. The first-order chi connectivity index (χ1) is 12.1. The van der Waals surface area contributed by atoms with Crippen molar-refractivity contribution in [3.05, 3.63) is 47.5 Å². The number of carbonyl (C=O) groups excluding carboxylic acids is 1. The van der Waals surface area contributed by atoms with Crippen LogP contribution in [-0.2, 0) is 0 Å². The van der Waals surface area contributed by atoms with Crippen LogP contribution < -0.4 is 14.2 Å². The molecule has 6 heteroatoms. The van der Waals surface area contributed by atoms with Gasteiger partial charge in [-0.1, -0.05) is 12.1 Å². The number of ether oxygens (including phenoxy) is 3. The lowest BCUT2D eigenvalue weighted by atomic mass is 9.99. The number of ketones is 1. The number of Topliss-reactive ketones (excluding diaryl/α,β-unsaturated/α-hetero) is 1. The van der Waals surface area contributed by atoms with E-state index in [1.807, 2.05) is 0 Å². The Hall–Kier alpha value is -2.73. The van der Waals surface area contributed by atoms with E-state index in [-0.39, 0.29) is 30.1 Å². The number of fused-ring (bicyclic) bond motifs is 1. The van der Waals surface area contributed by atoms with Gasteiger partial charge < -0.3 is 24.4 Å². The molecule has 2 aromatic rings. The Morgan fingerprint density at radius 1 is 1.24 bits per heavy atom. The number of carbonyl (C=O) groups is 1. The molecule has 0 aromatic heterocycles. The summed E-state index contributed by atoms with van der Waals surface area (Å²) < 4.78 is 16.0. The van der Waals surface area contributed by atoms with Crippen molar-refractivity contribution in [2.45, 2.75) is 18.9 Å². The number of rotatable bonds is 6. The first-order valence-corrected chi connectivity index (χ1v) is 8.07. The summed E-state index contributed by atoms with van der Waals surface area (Å²) in [5.41, 5.74) is 0.969. The molecule has 1 atom stereocenters. The maximum absolute atomic E-state index is 12.4. The lowest BCUT2D eigenvalue weighted by Crippen LogP contribution is -2.16. The molecular formula is C19H20O6. The van der Waals surface area contributed by atoms with Gasteiger partial charge in [-0.05, 0) is 36.2 Å². The largest absolute Gasteiger partial charge is 0.504 e. The van der Waals surface area contributed by atoms with Gasteiger partial charge in [-0.15, -0.1) is 0 Å². The Morgan fingerprint density at radius 2 is 2.00 bits per heavy atom. The highest BCUT2D eigenvalue weighted by molar-refractivity contribution is 5.98. The fourth-order valence-corrected chi connectivity index (χ4v) is 2.79. The molecule has 6 nitrogen and oxygen atoms in total. The van der Waals surface area contributed by atoms with Gasteiger partial charge in [0.05, 0.1) is 18.8 Å². The van der Waals surface area contributed by atoms with E-state index in [2.05, 4.69) is 0 Å². The summed E-state index contributed by atoms with van der Waals surface area (Å²) in [4.78, 5) is 12.4. The van der Waals surface area contributed by atoms with Crippen molar-refractivity contribution in [1.82, 2.24) is 0 Å². The molecule has 1 aliphatic rings. The Labute approximate surface area is 145 Å². The normalized spacial score (nSPS) is 14.0. The zero-order chi connectivity index (χ0) is 17.8. The SMILES string of the molecule is COc1ccccc1C(=O)CCC(O)c1cc(O)c2c(c1)OCCO2. The number of phenolic OH excluding ortho intramolecular Hbond substituents is 1. The van der Waals surface area contributed by atoms with E-state index in [0.29, 0.717) is 35.8 Å². The second-order valence-corrected chi connectivity index (χ2v) is 5.74. The van der Waals surface area contributed by atoms with Crippen LogP contribution in [0, 0.1) is 0 Å². The first-order valence-electron chi connectivity index (χ1n) is 8.07. The lowest BCUT2D eigenvalue weighted by molar-refractivity contribution is 0.0936. The van der Waals surface area contributed by atoms with E-state index >= 15 is 0 Å². The molecule has 0 saturated heterocycles. The molecular weight excluding hydrogens is 324 g/mol. The number of hydrogen-bond donors (Lipinski definition) is 2. The molecule has 0 saturated carbocycles. The number of phenols is 1. The molecule has 0 spiro atoms. The Balaban J connectivity index is 1.69. The second-order valence-electron chi connectivity index (χ2n) is 5.74. The number of aliphatic hydroxyl groups excluding tert-OH is 1. The number of aliphatic hydroxyl groups is 1. The van der Waals surface area contributed by atoms with Crippen molar-refractivity contribution in [2.24, 2.45) is 0 Å². The summed E-state index contributed by atoms with van der Waals surface area (Å²) in [6.07, 6.45) is -0.535. The van der Waals surface area contributed by atoms with E-state index in [1.54, 1.807) is 30.3 Å². The van der Waals surface area contributed by atoms with Gasteiger partial charge in [-0.2, -0.15) is 0 Å². The Morgan fingerprint density at radius 3 is 2.80 bits per heavy atom. The number of methoxy groups -OCH3 is 1. The van der Waals surface area contributed by atoms with Crippen molar-refractivity contribution < 1.29 is 29.2 Å². The highest BCUT2D eigenvalue weighted by Crippen LogP contribution is 2.41. The van der Waals surface area contributed by atoms with E-state index in [0.717, 1.165) is 0 Å². The summed E-state index contributed by atoms with van der Waals surface area (Å²) in [5, 5.41) is 20.4. The fraction of sp³-hybridized carbons (Fsp3) is 0.316. The van der Waals surface area contributed by atoms with Crippen LogP contribution in [0.3, 0.4) is 0 Å². The van der Waals surface area contributed by atoms with Crippen molar-refractivity contribution in [3.63, 3.8) is 0 Å². The number of hydrogen-bond acceptors (Lipinski definition) is 6. The van der Waals surface area contributed by atoms with Crippen LogP contribution in [0.1, 0.15) is 34.9 Å². The predicted molar refractivity (Wildman–Crippen MR) is 90.6 cm³/mol. The van der Waals surface area contributed by atoms with Gasteiger partial charge in [-0.25, -0.2) is 0 Å². The maximum Gasteiger partial charge on any atom is 0.203 e. The summed E-state index contributed by atoms with van der Waals surface area (Å²) in [5.74, 6) is 1.00. The van der Waals surface area contributed by atoms with Gasteiger partial charge in [0.2, 0.25) is 5.75 Å². The van der Waals surface area contributed by atoms with Crippen LogP contribution in [0.25, 0.3) is 0 Å². The molecule has 2 N–H and O–H groups in total. The van der Waals surface area contributed by atoms with E-state index in [9.17, 15) is 15.0 Å². The standard InChI is InChI=1S/C19H20O6/c1-23-17-5-3-2-4-13(17)15(21)7-6-14(20)12-10-16(22)19-18(11-12)24-8-9-25-19/h2-5,10-11,14,20,22H,6-9H2,1H3. The summed E-state index contributed by atoms with van der Waals surface area (Å²) in [7, 11) is 1.51. The molecule has 25 heavy (non-hydrogen) atoms. The summed E-state index contributed by atoms with van der Waals surface area (Å²) in [6, 6.07) is 10.1. The minimum absolute atomic E-state index is 0.0812. The van der Waals surface area contributed by atoms with Crippen LogP contribution in [0.2, 0.25) is 0 Å². The van der Waals surface area contributed by atoms with Gasteiger partial charge in [0.25, 0.3) is 0 Å². The molecule has 132 valence electrons. The molecule has 1 unspecified atom stereocenters. The van der Waals surface area contributed by atoms with Crippen LogP contribution in [0.15, 0.2) is 36.4 Å². The van der Waals surface area contributed by atoms with Crippen molar-refractivity contribution in [2.75, 3.05) is 20.3 Å². The highest BCUT2D eigenvalue weighted by Gasteiger charge is 2.21. The molecule has 0 aliphatic carbocycles. The highest BCUT2D eigenvalue weighted by atomic mass is 16.6. The molecule has 2 aromatic carbocycles. The Kier molecular flexibility index (Phi) is 5.09. The van der Waals surface area contributed by atoms with E-state index in [4.69, 9.17) is 14.2 Å². The van der Waals surface area contributed by atoms with Crippen molar-refractivity contribution in [3.8, 4) is 23.0 Å². The van der Waals surface area contributed by atoms with Gasteiger partial charge in [-0.3, -0.25) is 4.79 Å². The average Bonchev–Trinajstić information content (AvgIpc) is 2.65. The average molecular weight is 344 g/mol. The quantitative estimate of drug-likeness (QED) is 0.784. The molecule has 0 fully saturated rings. The smallest absolute Gasteiger partial charge is 0.203 e. The first kappa shape index (κ1) is 17.1. The zero-order valence-electron chi connectivity index (χ0n) is 13.9. The third-order valence-electron chi connectivity index (χ3n) is 4.08. The Bertz CT molecular complexity index is 771. The second kappa shape index (κ2) is 7.44. The summed E-state index contributed by atoms with van der Waals surface area (Å²) >= 11 is 0. The summed E-state index contributed by atoms with van der Waals surface area (Å²) in [6.45, 7) is 0.758. The molecule has 3 rings (SSSR count). The maximum atomic E-state index is 12.4. The van der Waals surface area contributed by atoms with Gasteiger partial charge in [0, 0.05) is 6.42 Å². The van der Waals surface area contributed by atoms with Gasteiger partial charge in [0.1, 0.15) is 19.0 Å². The number of aromatic hydroxyl groups is 1. The topological polar surface area (TPSA) is 85.2 Å². The lowest BCUT2D eigenvalue weighted by Gasteiger charge is -2.21. The van der Waals surface area contributed by atoms with Crippen LogP contribution >= 0.6 is 0 Å². The van der Waals surface area contributed by atoms with Gasteiger partial charge >= 0.3 is 0 Å². The van der Waals surface area contributed by atoms with Gasteiger partial charge in [0.15, 0.2) is 17.3 Å². The number of para-hydroxylation sites is 1. The van der Waals surface area contributed by atoms with Crippen LogP contribution in [0.4, 0.5) is 0 Å². The van der Waals surface area contributed by atoms with E-state index in [1.165, 1.54) is 13.2 Å². The van der Waals surface area contributed by atoms with Crippen LogP contribution in [0.5, 0.6) is 23.0 Å². The molecule has 0 radical (unpaired) electrons. The zero-order valence-corrected chi connectivity index (χ0v) is 13.9. The fourth-order valence-electron chi connectivity index (χ4n) is 2.79. The van der Waals surface area contributed by atoms with Crippen LogP contribution in [-0.4, -0.2) is 36.3 Å². The molecule has 1 heterocycles. The third-order valence-corrected chi connectivity index (χ3v) is 4.08. The predicted octanol–water partition coefficient (Wildman–Crippen LogP) is 2.87.